The van der Waals surface area contributed by atoms with Crippen LogP contribution in [0.1, 0.15) is 28.2 Å². The second kappa shape index (κ2) is 10.2. The van der Waals surface area contributed by atoms with E-state index in [0.717, 1.165) is 33.9 Å². The van der Waals surface area contributed by atoms with Crippen LogP contribution < -0.4 is 11.5 Å². The van der Waals surface area contributed by atoms with Crippen molar-refractivity contribution in [1.82, 2.24) is 19.6 Å². The molecule has 0 aliphatic heterocycles. The van der Waals surface area contributed by atoms with Gasteiger partial charge in [-0.15, -0.1) is 5.10 Å². The van der Waals surface area contributed by atoms with Crippen molar-refractivity contribution >= 4 is 5.82 Å². The van der Waals surface area contributed by atoms with Gasteiger partial charge in [0.15, 0.2) is 5.69 Å². The van der Waals surface area contributed by atoms with Gasteiger partial charge in [-0.3, -0.25) is 0 Å². The van der Waals surface area contributed by atoms with Crippen LogP contribution in [0, 0.1) is 31.8 Å². The van der Waals surface area contributed by atoms with Crippen LogP contribution in [0.5, 0.6) is 0 Å². The number of aromatic nitrogens is 4. The van der Waals surface area contributed by atoms with Gasteiger partial charge in [-0.2, -0.15) is 15.0 Å². The zero-order chi connectivity index (χ0) is 23.1. The van der Waals surface area contributed by atoms with E-state index in [1.807, 2.05) is 68.4 Å². The molecule has 0 atom stereocenters. The maximum absolute atomic E-state index is 8.76. The summed E-state index contributed by atoms with van der Waals surface area (Å²) < 4.78 is 3.39. The Labute approximate surface area is 187 Å². The number of hydrogen-bond acceptors (Lipinski definition) is 5. The van der Waals surface area contributed by atoms with E-state index >= 15 is 0 Å². The second-order valence-electron chi connectivity index (χ2n) is 7.10. The highest BCUT2D eigenvalue weighted by molar-refractivity contribution is 5.47. The first kappa shape index (κ1) is 22.4. The lowest BCUT2D eigenvalue weighted by molar-refractivity contribution is 0.840. The molecule has 2 aromatic carbocycles. The van der Waals surface area contributed by atoms with Gasteiger partial charge in [0.2, 0.25) is 0 Å². The van der Waals surface area contributed by atoms with Gasteiger partial charge in [0, 0.05) is 18.8 Å². The molecule has 0 amide bonds. The van der Waals surface area contributed by atoms with Crippen molar-refractivity contribution in [3.05, 3.63) is 100 Å². The summed E-state index contributed by atoms with van der Waals surface area (Å²) in [5.41, 5.74) is 17.2. The largest absolute Gasteiger partial charge is 0.362 e. The Kier molecular flexibility index (Phi) is 7.14. The summed E-state index contributed by atoms with van der Waals surface area (Å²) in [6.45, 7) is 11.9. The molecule has 8 nitrogen and oxygen atoms in total. The number of aryl methyl sites for hydroxylation is 2. The van der Waals surface area contributed by atoms with Gasteiger partial charge in [0.25, 0.3) is 5.82 Å². The Hall–Kier alpha value is -4.24. The quantitative estimate of drug-likeness (QED) is 0.485. The molecule has 160 valence electrons. The molecule has 8 heteroatoms. The molecule has 2 aromatic heterocycles. The lowest BCUT2D eigenvalue weighted by Crippen LogP contribution is -2.00. The van der Waals surface area contributed by atoms with Crippen LogP contribution in [0.4, 0.5) is 5.82 Å². The SMILES string of the molecule is Cc1cc(C#N)nn1-c1ccc(CN)cc1.[C-]#[N+]c1cc(C)nn1-c1ccc(CN)cc1. The van der Waals surface area contributed by atoms with E-state index in [4.69, 9.17) is 23.3 Å². The van der Waals surface area contributed by atoms with Crippen LogP contribution in [-0.4, -0.2) is 19.6 Å². The van der Waals surface area contributed by atoms with Gasteiger partial charge in [0.05, 0.1) is 11.4 Å². The normalized spacial score (nSPS) is 10.1. The lowest BCUT2D eigenvalue weighted by atomic mass is 10.2. The highest BCUT2D eigenvalue weighted by Gasteiger charge is 2.09. The number of nitrogens with zero attached hydrogens (tertiary/aromatic N) is 6. The molecular formula is C24H24N8. The molecule has 32 heavy (non-hydrogen) atoms. The zero-order valence-electron chi connectivity index (χ0n) is 18.0. The van der Waals surface area contributed by atoms with Gasteiger partial charge < -0.3 is 16.3 Å². The van der Waals surface area contributed by atoms with Crippen molar-refractivity contribution in [3.63, 3.8) is 0 Å². The Bertz CT molecular complexity index is 1270. The van der Waals surface area contributed by atoms with Crippen molar-refractivity contribution in [2.45, 2.75) is 26.9 Å². The number of nitriles is 1. The van der Waals surface area contributed by atoms with Gasteiger partial charge in [-0.05, 0) is 61.4 Å². The van der Waals surface area contributed by atoms with Crippen LogP contribution in [0.25, 0.3) is 16.2 Å². The molecule has 0 spiro atoms. The number of nitrogens with two attached hydrogens (primary N) is 2. The van der Waals surface area contributed by atoms with Gasteiger partial charge in [-0.25, -0.2) is 4.68 Å². The first-order chi connectivity index (χ1) is 15.5. The summed E-state index contributed by atoms with van der Waals surface area (Å²) in [5.74, 6) is 0.526. The maximum Gasteiger partial charge on any atom is 0.257 e. The first-order valence-corrected chi connectivity index (χ1v) is 9.98. The Morgan fingerprint density at radius 1 is 0.875 bits per heavy atom. The van der Waals surface area contributed by atoms with E-state index in [-0.39, 0.29) is 0 Å². The minimum absolute atomic E-state index is 0.431. The van der Waals surface area contributed by atoms with E-state index in [0.29, 0.717) is 24.6 Å². The van der Waals surface area contributed by atoms with Crippen molar-refractivity contribution in [2.75, 3.05) is 0 Å². The monoisotopic (exact) mass is 424 g/mol. The molecule has 2 heterocycles. The predicted octanol–water partition coefficient (Wildman–Crippen LogP) is 3.70. The van der Waals surface area contributed by atoms with E-state index in [1.54, 1.807) is 21.5 Å². The molecule has 0 saturated heterocycles. The highest BCUT2D eigenvalue weighted by Crippen LogP contribution is 2.20. The van der Waals surface area contributed by atoms with E-state index in [9.17, 15) is 0 Å². The standard InChI is InChI=1S/2C12H12N4/c1-9-7-12(14-2)16(15-9)11-5-3-10(8-13)4-6-11;1-9-6-11(8-14)15-16(9)12-4-2-10(7-13)3-5-12/h3-7H,8,13H2,1H3;2-6H,7,13H2,1H3. The Balaban J connectivity index is 0.000000181. The molecular weight excluding hydrogens is 400 g/mol. The zero-order valence-corrected chi connectivity index (χ0v) is 18.0. The molecule has 0 bridgehead atoms. The summed E-state index contributed by atoms with van der Waals surface area (Å²) in [6.07, 6.45) is 0. The summed E-state index contributed by atoms with van der Waals surface area (Å²) in [6, 6.07) is 21.1. The molecule has 4 N–H and O–H groups in total. The molecule has 0 saturated carbocycles. The number of rotatable bonds is 4. The van der Waals surface area contributed by atoms with E-state index < -0.39 is 0 Å². The average Bonchev–Trinajstić information content (AvgIpc) is 3.41. The molecule has 4 rings (SSSR count). The molecule has 0 aliphatic carbocycles. The topological polar surface area (TPSA) is 116 Å². The average molecular weight is 425 g/mol. The number of hydrogen-bond donors (Lipinski definition) is 2. The van der Waals surface area contributed by atoms with Crippen molar-refractivity contribution in [2.24, 2.45) is 11.5 Å². The minimum atomic E-state index is 0.431. The van der Waals surface area contributed by atoms with Crippen molar-refractivity contribution in [1.29, 1.82) is 5.26 Å². The maximum atomic E-state index is 8.76. The number of benzene rings is 2. The Morgan fingerprint density at radius 2 is 1.41 bits per heavy atom. The fourth-order valence-corrected chi connectivity index (χ4v) is 3.09. The van der Waals surface area contributed by atoms with Gasteiger partial charge in [0.1, 0.15) is 11.8 Å². The van der Waals surface area contributed by atoms with Crippen LogP contribution in [0.3, 0.4) is 0 Å². The third-order valence-electron chi connectivity index (χ3n) is 4.76. The third kappa shape index (κ3) is 5.08. The summed E-state index contributed by atoms with van der Waals surface area (Å²) in [4.78, 5) is 3.44. The smallest absolute Gasteiger partial charge is 0.257 e. The third-order valence-corrected chi connectivity index (χ3v) is 4.76. The molecule has 0 radical (unpaired) electrons. The predicted molar refractivity (Wildman–Crippen MR) is 123 cm³/mol. The first-order valence-electron chi connectivity index (χ1n) is 9.98. The van der Waals surface area contributed by atoms with Gasteiger partial charge in [-0.1, -0.05) is 30.8 Å². The fraction of sp³-hybridized carbons (Fsp3) is 0.167. The van der Waals surface area contributed by atoms with E-state index in [1.165, 1.54) is 0 Å². The minimum Gasteiger partial charge on any atom is -0.362 e. The second-order valence-corrected chi connectivity index (χ2v) is 7.10. The highest BCUT2D eigenvalue weighted by atomic mass is 15.3. The summed E-state index contributed by atoms with van der Waals surface area (Å²) in [5, 5.41) is 17.2. The molecule has 0 unspecified atom stereocenters. The summed E-state index contributed by atoms with van der Waals surface area (Å²) in [7, 11) is 0. The molecule has 0 aliphatic rings. The fourth-order valence-electron chi connectivity index (χ4n) is 3.09. The van der Waals surface area contributed by atoms with Crippen LogP contribution in [0.15, 0.2) is 60.7 Å². The van der Waals surface area contributed by atoms with Crippen LogP contribution in [-0.2, 0) is 13.1 Å². The molecule has 4 aromatic rings. The van der Waals surface area contributed by atoms with Crippen LogP contribution in [0.2, 0.25) is 0 Å². The van der Waals surface area contributed by atoms with E-state index in [2.05, 4.69) is 15.0 Å². The van der Waals surface area contributed by atoms with Gasteiger partial charge >= 0.3 is 0 Å². The summed E-state index contributed by atoms with van der Waals surface area (Å²) >= 11 is 0. The van der Waals surface area contributed by atoms with Crippen molar-refractivity contribution < 1.29 is 0 Å². The Morgan fingerprint density at radius 3 is 1.84 bits per heavy atom. The molecule has 0 fully saturated rings. The van der Waals surface area contributed by atoms with Crippen LogP contribution >= 0.6 is 0 Å². The van der Waals surface area contributed by atoms with Crippen molar-refractivity contribution in [3.8, 4) is 17.4 Å². The lowest BCUT2D eigenvalue weighted by Gasteiger charge is -2.04.